The first-order chi connectivity index (χ1) is 21.2. The minimum absolute atomic E-state index is 0.0171. The molecule has 15 heteroatoms. The summed E-state index contributed by atoms with van der Waals surface area (Å²) in [4.78, 5) is 53.8. The molecule has 1 saturated heterocycles. The van der Waals surface area contributed by atoms with Crippen LogP contribution in [0.1, 0.15) is 52.7 Å². The third-order valence-electron chi connectivity index (χ3n) is 5.84. The molecule has 0 unspecified atom stereocenters. The van der Waals surface area contributed by atoms with Crippen molar-refractivity contribution in [3.63, 3.8) is 0 Å². The second-order valence-electron chi connectivity index (χ2n) is 12.0. The zero-order chi connectivity index (χ0) is 34.4. The third kappa shape index (κ3) is 10.7. The fourth-order valence-electron chi connectivity index (χ4n) is 4.07. The predicted octanol–water partition coefficient (Wildman–Crippen LogP) is 5.70. The molecule has 1 heterocycles. The van der Waals surface area contributed by atoms with Gasteiger partial charge in [-0.2, -0.15) is 5.26 Å². The van der Waals surface area contributed by atoms with Crippen molar-refractivity contribution in [2.24, 2.45) is 0 Å². The number of halogens is 3. The van der Waals surface area contributed by atoms with Crippen LogP contribution in [0, 0.1) is 17.8 Å². The van der Waals surface area contributed by atoms with Gasteiger partial charge in [0.15, 0.2) is 0 Å². The Bertz CT molecular complexity index is 1480. The van der Waals surface area contributed by atoms with Crippen LogP contribution in [0.4, 0.5) is 34.1 Å². The second kappa shape index (κ2) is 14.1. The summed E-state index contributed by atoms with van der Waals surface area (Å²) < 4.78 is 58.1. The number of carbonyl (C=O) groups is 4. The van der Waals surface area contributed by atoms with Gasteiger partial charge < -0.3 is 29.2 Å². The molecule has 0 aromatic heterocycles. The van der Waals surface area contributed by atoms with E-state index in [1.807, 2.05) is 6.07 Å². The van der Waals surface area contributed by atoms with Crippen LogP contribution < -0.4 is 15.0 Å². The minimum Gasteiger partial charge on any atom is -0.443 e. The molecule has 1 radical (unpaired) electrons. The first-order valence-corrected chi connectivity index (χ1v) is 14.0. The molecule has 1 aliphatic heterocycles. The van der Waals surface area contributed by atoms with Gasteiger partial charge in [-0.1, -0.05) is 6.07 Å². The van der Waals surface area contributed by atoms with Gasteiger partial charge in [0.1, 0.15) is 23.1 Å². The number of amides is 4. The third-order valence-corrected chi connectivity index (χ3v) is 5.84. The normalized spacial score (nSPS) is 15.4. The highest BCUT2D eigenvalue weighted by Gasteiger charge is 2.35. The maximum atomic E-state index is 13.1. The number of carbonyl (C=O) groups excluding carboxylic acids is 4. The molecule has 247 valence electrons. The molecule has 0 spiro atoms. The summed E-state index contributed by atoms with van der Waals surface area (Å²) in [6, 6.07) is 11.0. The van der Waals surface area contributed by atoms with Crippen molar-refractivity contribution in [2.45, 2.75) is 71.8 Å². The molecule has 4 amide bonds. The number of nitrogens with zero attached hydrogens (tertiary/aromatic N) is 3. The highest BCUT2D eigenvalue weighted by Crippen LogP contribution is 2.29. The molecule has 12 nitrogen and oxygen atoms in total. The standard InChI is InChI=1S/C31H34F3N4O8/c1-29(2,3)45-27(41)38(28(42)46-30(4,5)6)18-20-14-21(11-10-19(20)17-35)36-25(39)16-24-26(40)37(12-13-43-24)22-8-7-9-23(15-22)44-31(32,33)34/h7-11,14-16,24H,12-13,18H2,1-6H3,(H,36,39)/t24-/m1/s1. The summed E-state index contributed by atoms with van der Waals surface area (Å²) in [5, 5.41) is 12.2. The van der Waals surface area contributed by atoms with Crippen LogP contribution in [-0.4, -0.2) is 65.7 Å². The van der Waals surface area contributed by atoms with E-state index in [9.17, 15) is 37.6 Å². The number of ether oxygens (including phenoxy) is 4. The first kappa shape index (κ1) is 35.6. The van der Waals surface area contributed by atoms with E-state index in [2.05, 4.69) is 10.1 Å². The Morgan fingerprint density at radius 3 is 2.24 bits per heavy atom. The number of morpholine rings is 1. The van der Waals surface area contributed by atoms with Crippen molar-refractivity contribution < 1.29 is 51.3 Å². The van der Waals surface area contributed by atoms with Crippen molar-refractivity contribution in [2.75, 3.05) is 23.4 Å². The van der Waals surface area contributed by atoms with Gasteiger partial charge >= 0.3 is 18.5 Å². The lowest BCUT2D eigenvalue weighted by atomic mass is 10.1. The lowest BCUT2D eigenvalue weighted by molar-refractivity contribution is -0.274. The van der Waals surface area contributed by atoms with Gasteiger partial charge in [-0.3, -0.25) is 9.59 Å². The molecule has 2 aromatic carbocycles. The number of nitriles is 1. The van der Waals surface area contributed by atoms with Crippen LogP contribution in [0.15, 0.2) is 42.5 Å². The maximum absolute atomic E-state index is 13.1. The van der Waals surface area contributed by atoms with Crippen LogP contribution in [0.2, 0.25) is 0 Å². The molecule has 0 bridgehead atoms. The molecular formula is C31H34F3N4O8. The molecule has 1 atom stereocenters. The molecule has 2 aromatic rings. The number of alkyl halides is 3. The quantitative estimate of drug-likeness (QED) is 0.399. The van der Waals surface area contributed by atoms with Gasteiger partial charge in [-0.15, -0.1) is 13.2 Å². The SMILES string of the molecule is CC(C)(C)OC(=O)N(Cc1cc(NC(=O)[CH][C@H]2OCCN(c3cccc(OC(F)(F)F)c3)C2=O)ccc1C#N)C(=O)OC(C)(C)C. The molecule has 0 saturated carbocycles. The first-order valence-electron chi connectivity index (χ1n) is 14.0. The monoisotopic (exact) mass is 647 g/mol. The van der Waals surface area contributed by atoms with E-state index in [0.29, 0.717) is 4.90 Å². The molecular weight excluding hydrogens is 613 g/mol. The summed E-state index contributed by atoms with van der Waals surface area (Å²) in [7, 11) is 0. The van der Waals surface area contributed by atoms with Gasteiger partial charge in [-0.05, 0) is 77.4 Å². The largest absolute Gasteiger partial charge is 0.573 e. The van der Waals surface area contributed by atoms with E-state index in [4.69, 9.17) is 14.2 Å². The Labute approximate surface area is 263 Å². The molecule has 1 aliphatic rings. The highest BCUT2D eigenvalue weighted by atomic mass is 19.4. The highest BCUT2D eigenvalue weighted by molar-refractivity contribution is 6.06. The van der Waals surface area contributed by atoms with E-state index >= 15 is 0 Å². The van der Waals surface area contributed by atoms with E-state index in [1.54, 1.807) is 41.5 Å². The lowest BCUT2D eigenvalue weighted by Gasteiger charge is -2.32. The van der Waals surface area contributed by atoms with Gasteiger partial charge in [0, 0.05) is 24.0 Å². The van der Waals surface area contributed by atoms with E-state index < -0.39 is 60.0 Å². The Balaban J connectivity index is 1.76. The van der Waals surface area contributed by atoms with Crippen molar-refractivity contribution in [1.82, 2.24) is 4.90 Å². The van der Waals surface area contributed by atoms with Gasteiger partial charge in [0.25, 0.3) is 5.91 Å². The zero-order valence-electron chi connectivity index (χ0n) is 26.1. The van der Waals surface area contributed by atoms with Gasteiger partial charge in [0.2, 0.25) is 5.91 Å². The Hall–Kier alpha value is -4.84. The number of rotatable bonds is 7. The predicted molar refractivity (Wildman–Crippen MR) is 157 cm³/mol. The minimum atomic E-state index is -4.92. The topological polar surface area (TPSA) is 147 Å². The van der Waals surface area contributed by atoms with Crippen molar-refractivity contribution in [3.05, 3.63) is 60.0 Å². The summed E-state index contributed by atoms with van der Waals surface area (Å²) in [5.41, 5.74) is -1.36. The van der Waals surface area contributed by atoms with E-state index in [-0.39, 0.29) is 35.7 Å². The van der Waals surface area contributed by atoms with Crippen molar-refractivity contribution in [3.8, 4) is 11.8 Å². The fraction of sp³-hybridized carbons (Fsp3) is 0.419. The number of anilines is 2. The van der Waals surface area contributed by atoms with E-state index in [0.717, 1.165) is 18.6 Å². The Kier molecular flexibility index (Phi) is 10.9. The van der Waals surface area contributed by atoms with Gasteiger partial charge in [0.05, 0.1) is 31.2 Å². The fourth-order valence-corrected chi connectivity index (χ4v) is 4.07. The second-order valence-corrected chi connectivity index (χ2v) is 12.0. The number of nitrogens with one attached hydrogen (secondary N) is 1. The molecule has 3 rings (SSSR count). The van der Waals surface area contributed by atoms with Crippen LogP contribution >= 0.6 is 0 Å². The number of imide groups is 1. The maximum Gasteiger partial charge on any atom is 0.573 e. The molecule has 1 fully saturated rings. The Morgan fingerprint density at radius 2 is 1.67 bits per heavy atom. The van der Waals surface area contributed by atoms with Crippen LogP contribution in [0.3, 0.4) is 0 Å². The number of hydrogen-bond acceptors (Lipinski definition) is 9. The smallest absolute Gasteiger partial charge is 0.443 e. The molecule has 1 N–H and O–H groups in total. The van der Waals surface area contributed by atoms with Gasteiger partial charge in [-0.25, -0.2) is 14.5 Å². The lowest BCUT2D eigenvalue weighted by Crippen LogP contribution is -2.49. The summed E-state index contributed by atoms with van der Waals surface area (Å²) in [6.07, 6.45) is -7.36. The molecule has 46 heavy (non-hydrogen) atoms. The Morgan fingerprint density at radius 1 is 1.04 bits per heavy atom. The van der Waals surface area contributed by atoms with Crippen LogP contribution in [0.25, 0.3) is 0 Å². The molecule has 0 aliphatic carbocycles. The zero-order valence-corrected chi connectivity index (χ0v) is 26.1. The van der Waals surface area contributed by atoms with Crippen molar-refractivity contribution >= 4 is 35.4 Å². The van der Waals surface area contributed by atoms with E-state index in [1.165, 1.54) is 35.2 Å². The number of hydrogen-bond donors (Lipinski definition) is 1. The summed E-state index contributed by atoms with van der Waals surface area (Å²) in [6.45, 7) is 9.26. The van der Waals surface area contributed by atoms with Crippen LogP contribution in [0.5, 0.6) is 5.75 Å². The average Bonchev–Trinajstić information content (AvgIpc) is 2.90. The van der Waals surface area contributed by atoms with Crippen LogP contribution in [-0.2, 0) is 30.3 Å². The van der Waals surface area contributed by atoms with Crippen molar-refractivity contribution in [1.29, 1.82) is 5.26 Å². The summed E-state index contributed by atoms with van der Waals surface area (Å²) >= 11 is 0. The average molecular weight is 648 g/mol. The summed E-state index contributed by atoms with van der Waals surface area (Å²) in [5.74, 6) is -1.99. The number of benzene rings is 2.